The van der Waals surface area contributed by atoms with Crippen LogP contribution in [0.5, 0.6) is 0 Å². The highest BCUT2D eigenvalue weighted by molar-refractivity contribution is 7.91. The zero-order chi connectivity index (χ0) is 15.5. The first-order chi connectivity index (χ1) is 9.88. The van der Waals surface area contributed by atoms with E-state index in [1.54, 1.807) is 19.2 Å². The van der Waals surface area contributed by atoms with Gasteiger partial charge in [0.15, 0.2) is 0 Å². The van der Waals surface area contributed by atoms with E-state index in [0.717, 1.165) is 10.6 Å². The second-order valence-electron chi connectivity index (χ2n) is 5.02. The summed E-state index contributed by atoms with van der Waals surface area (Å²) in [6.45, 7) is 6.58. The average Bonchev–Trinajstić information content (AvgIpc) is 3.07. The number of rotatable bonds is 7. The molecule has 1 unspecified atom stereocenters. The van der Waals surface area contributed by atoms with E-state index < -0.39 is 10.0 Å². The molecule has 0 radical (unpaired) electrons. The Kier molecular flexibility index (Phi) is 5.50. The van der Waals surface area contributed by atoms with E-state index in [9.17, 15) is 8.42 Å². The highest BCUT2D eigenvalue weighted by Gasteiger charge is 2.21. The lowest BCUT2D eigenvalue weighted by Gasteiger charge is -2.10. The van der Waals surface area contributed by atoms with E-state index >= 15 is 0 Å². The molecule has 5 nitrogen and oxygen atoms in total. The molecule has 2 aromatic heterocycles. The lowest BCUT2D eigenvalue weighted by Crippen LogP contribution is -2.26. The van der Waals surface area contributed by atoms with Crippen LogP contribution in [0.1, 0.15) is 37.4 Å². The SMILES string of the molecule is CC(C)NCc1csc(S(=O)(=O)NC(C)c2nccs2)c1. The Bertz CT molecular complexity index is 663. The number of nitrogens with zero attached hydrogens (tertiary/aromatic N) is 1. The summed E-state index contributed by atoms with van der Waals surface area (Å²) in [7, 11) is -3.50. The van der Waals surface area contributed by atoms with E-state index in [1.807, 2.05) is 10.8 Å². The molecular formula is C13H19N3O2S3. The summed E-state index contributed by atoms with van der Waals surface area (Å²) in [5.41, 5.74) is 0.982. The van der Waals surface area contributed by atoms with Crippen molar-refractivity contribution in [1.29, 1.82) is 0 Å². The van der Waals surface area contributed by atoms with Gasteiger partial charge in [-0.25, -0.2) is 18.1 Å². The lowest BCUT2D eigenvalue weighted by atomic mass is 10.3. The highest BCUT2D eigenvalue weighted by Crippen LogP contribution is 2.23. The van der Waals surface area contributed by atoms with Crippen LogP contribution in [-0.2, 0) is 16.6 Å². The Hall–Kier alpha value is -0.800. The molecule has 0 bridgehead atoms. The van der Waals surface area contributed by atoms with Crippen LogP contribution in [0.15, 0.2) is 27.2 Å². The molecule has 0 aromatic carbocycles. The molecular weight excluding hydrogens is 326 g/mol. The van der Waals surface area contributed by atoms with E-state index in [4.69, 9.17) is 0 Å². The minimum Gasteiger partial charge on any atom is -0.310 e. The summed E-state index contributed by atoms with van der Waals surface area (Å²) in [6.07, 6.45) is 1.67. The van der Waals surface area contributed by atoms with Crippen LogP contribution in [0.4, 0.5) is 0 Å². The van der Waals surface area contributed by atoms with Crippen LogP contribution in [-0.4, -0.2) is 19.4 Å². The van der Waals surface area contributed by atoms with E-state index in [2.05, 4.69) is 28.9 Å². The molecule has 0 aliphatic carbocycles. The Morgan fingerprint density at radius 3 is 2.67 bits per heavy atom. The monoisotopic (exact) mass is 345 g/mol. The summed E-state index contributed by atoms with van der Waals surface area (Å²) in [6, 6.07) is 1.76. The van der Waals surface area contributed by atoms with Gasteiger partial charge in [-0.05, 0) is 23.9 Å². The van der Waals surface area contributed by atoms with Gasteiger partial charge in [-0.3, -0.25) is 0 Å². The summed E-state index contributed by atoms with van der Waals surface area (Å²) >= 11 is 2.68. The van der Waals surface area contributed by atoms with Gasteiger partial charge in [0.25, 0.3) is 10.0 Å². The summed E-state index contributed by atoms with van der Waals surface area (Å²) in [5.74, 6) is 0. The van der Waals surface area contributed by atoms with Crippen molar-refractivity contribution in [3.63, 3.8) is 0 Å². The van der Waals surface area contributed by atoms with Gasteiger partial charge in [0, 0.05) is 24.2 Å². The van der Waals surface area contributed by atoms with Crippen molar-refractivity contribution in [2.75, 3.05) is 0 Å². The molecule has 2 rings (SSSR count). The van der Waals surface area contributed by atoms with Gasteiger partial charge in [0.05, 0.1) is 6.04 Å². The first-order valence-electron chi connectivity index (χ1n) is 6.61. The van der Waals surface area contributed by atoms with Gasteiger partial charge in [-0.15, -0.1) is 22.7 Å². The normalized spacial score (nSPS) is 13.7. The fourth-order valence-electron chi connectivity index (χ4n) is 1.70. The third-order valence-electron chi connectivity index (χ3n) is 2.76. The quantitative estimate of drug-likeness (QED) is 0.809. The number of aromatic nitrogens is 1. The zero-order valence-electron chi connectivity index (χ0n) is 12.2. The molecule has 2 N–H and O–H groups in total. The summed E-state index contributed by atoms with van der Waals surface area (Å²) < 4.78 is 27.7. The van der Waals surface area contributed by atoms with Gasteiger partial charge in [0.2, 0.25) is 0 Å². The predicted octanol–water partition coefficient (Wildman–Crippen LogP) is 2.74. The maximum atomic E-state index is 12.3. The van der Waals surface area contributed by atoms with E-state index in [1.165, 1.54) is 22.7 Å². The summed E-state index contributed by atoms with van der Waals surface area (Å²) in [4.78, 5) is 4.13. The Balaban J connectivity index is 2.05. The Labute approximate surface area is 133 Å². The van der Waals surface area contributed by atoms with Crippen molar-refractivity contribution >= 4 is 32.7 Å². The molecule has 2 heterocycles. The molecule has 21 heavy (non-hydrogen) atoms. The Morgan fingerprint density at radius 1 is 1.29 bits per heavy atom. The van der Waals surface area contributed by atoms with Crippen LogP contribution in [0, 0.1) is 0 Å². The number of hydrogen-bond donors (Lipinski definition) is 2. The first-order valence-corrected chi connectivity index (χ1v) is 9.85. The number of sulfonamides is 1. The number of nitrogens with one attached hydrogen (secondary N) is 2. The molecule has 1 atom stereocenters. The summed E-state index contributed by atoms with van der Waals surface area (Å²) in [5, 5.41) is 7.74. The molecule has 0 amide bonds. The molecule has 0 aliphatic heterocycles. The van der Waals surface area contributed by atoms with Gasteiger partial charge >= 0.3 is 0 Å². The van der Waals surface area contributed by atoms with Crippen LogP contribution in [0.2, 0.25) is 0 Å². The fourth-order valence-corrected chi connectivity index (χ4v) is 4.85. The molecule has 0 fully saturated rings. The number of hydrogen-bond acceptors (Lipinski definition) is 6. The zero-order valence-corrected chi connectivity index (χ0v) is 14.6. The van der Waals surface area contributed by atoms with Crippen molar-refractivity contribution in [3.8, 4) is 0 Å². The highest BCUT2D eigenvalue weighted by atomic mass is 32.2. The minimum atomic E-state index is -3.50. The van der Waals surface area contributed by atoms with Crippen LogP contribution in [0.25, 0.3) is 0 Å². The largest absolute Gasteiger partial charge is 0.310 e. The van der Waals surface area contributed by atoms with Crippen LogP contribution >= 0.6 is 22.7 Å². The lowest BCUT2D eigenvalue weighted by molar-refractivity contribution is 0.568. The van der Waals surface area contributed by atoms with Crippen molar-refractivity contribution < 1.29 is 8.42 Å². The third kappa shape index (κ3) is 4.58. The molecule has 8 heteroatoms. The molecule has 0 spiro atoms. The molecule has 0 saturated heterocycles. The van der Waals surface area contributed by atoms with Gasteiger partial charge in [-0.2, -0.15) is 0 Å². The molecule has 2 aromatic rings. The first kappa shape index (κ1) is 16.6. The van der Waals surface area contributed by atoms with Gasteiger partial charge in [-0.1, -0.05) is 13.8 Å². The standard InChI is InChI=1S/C13H19N3O2S3/c1-9(2)15-7-11-6-12(20-8-11)21(17,18)16-10(3)13-14-4-5-19-13/h4-6,8-10,15-16H,7H2,1-3H3. The second kappa shape index (κ2) is 6.97. The van der Waals surface area contributed by atoms with Crippen LogP contribution in [0.3, 0.4) is 0 Å². The van der Waals surface area contributed by atoms with E-state index in [0.29, 0.717) is 16.8 Å². The predicted molar refractivity (Wildman–Crippen MR) is 87.1 cm³/mol. The number of thiazole rings is 1. The van der Waals surface area contributed by atoms with Gasteiger partial charge in [0.1, 0.15) is 9.22 Å². The second-order valence-corrected chi connectivity index (χ2v) is 8.80. The van der Waals surface area contributed by atoms with E-state index in [-0.39, 0.29) is 6.04 Å². The topological polar surface area (TPSA) is 71.1 Å². The van der Waals surface area contributed by atoms with Gasteiger partial charge < -0.3 is 5.32 Å². The van der Waals surface area contributed by atoms with Crippen LogP contribution < -0.4 is 10.0 Å². The van der Waals surface area contributed by atoms with Crippen molar-refractivity contribution in [3.05, 3.63) is 33.6 Å². The maximum Gasteiger partial charge on any atom is 0.250 e. The van der Waals surface area contributed by atoms with Crippen molar-refractivity contribution in [2.45, 2.75) is 43.6 Å². The smallest absolute Gasteiger partial charge is 0.250 e. The molecule has 0 saturated carbocycles. The maximum absolute atomic E-state index is 12.3. The van der Waals surface area contributed by atoms with Crippen molar-refractivity contribution in [2.24, 2.45) is 0 Å². The fraction of sp³-hybridized carbons (Fsp3) is 0.462. The third-order valence-corrected chi connectivity index (χ3v) is 6.75. The number of thiophene rings is 1. The minimum absolute atomic E-state index is 0.325. The van der Waals surface area contributed by atoms with Crippen molar-refractivity contribution in [1.82, 2.24) is 15.0 Å². The average molecular weight is 346 g/mol. The molecule has 0 aliphatic rings. The Morgan fingerprint density at radius 2 is 2.05 bits per heavy atom. The molecule has 116 valence electrons.